The zero-order valence-corrected chi connectivity index (χ0v) is 9.67. The molecule has 2 heterocycles. The molecule has 1 fully saturated rings. The Labute approximate surface area is 98.6 Å². The lowest BCUT2D eigenvalue weighted by Crippen LogP contribution is -2.26. The third-order valence-corrected chi connectivity index (χ3v) is 3.62. The highest BCUT2D eigenvalue weighted by Gasteiger charge is 2.20. The van der Waals surface area contributed by atoms with Crippen molar-refractivity contribution in [2.24, 2.45) is 4.99 Å². The number of aromatic nitrogens is 1. The van der Waals surface area contributed by atoms with Crippen molar-refractivity contribution >= 4 is 23.7 Å². The van der Waals surface area contributed by atoms with Crippen molar-refractivity contribution < 1.29 is 4.74 Å². The fourth-order valence-electron chi connectivity index (χ4n) is 1.99. The Balaban J connectivity index is 1.75. The summed E-state index contributed by atoms with van der Waals surface area (Å²) < 4.78 is 8.91. The minimum atomic E-state index is 0.343. The van der Waals surface area contributed by atoms with Crippen molar-refractivity contribution in [3.63, 3.8) is 0 Å². The van der Waals surface area contributed by atoms with Crippen LogP contribution in [0.5, 0.6) is 0 Å². The Morgan fingerprint density at radius 1 is 1.38 bits per heavy atom. The first-order chi connectivity index (χ1) is 7.92. The maximum atomic E-state index is 5.81. The molecule has 0 unspecified atom stereocenters. The Morgan fingerprint density at radius 3 is 3.12 bits per heavy atom. The molecule has 1 aromatic rings. The summed E-state index contributed by atoms with van der Waals surface area (Å²) >= 11 is 1.51. The SMILES string of the molecule is c1cc2c(cn1)SNC(OC1CCCC1)=N2. The lowest BCUT2D eigenvalue weighted by molar-refractivity contribution is 0.190. The third kappa shape index (κ3) is 2.00. The molecule has 0 aromatic carbocycles. The molecule has 2 aliphatic rings. The van der Waals surface area contributed by atoms with Gasteiger partial charge in [0.25, 0.3) is 0 Å². The van der Waals surface area contributed by atoms with E-state index in [2.05, 4.69) is 14.7 Å². The van der Waals surface area contributed by atoms with Gasteiger partial charge in [0.15, 0.2) is 0 Å². The molecule has 0 spiro atoms. The van der Waals surface area contributed by atoms with E-state index in [0.29, 0.717) is 12.1 Å². The van der Waals surface area contributed by atoms with Crippen LogP contribution < -0.4 is 4.72 Å². The molecule has 5 heteroatoms. The first-order valence-corrected chi connectivity index (χ1v) is 6.36. The van der Waals surface area contributed by atoms with Crippen molar-refractivity contribution in [1.29, 1.82) is 0 Å². The molecule has 84 valence electrons. The molecular formula is C11H13N3OS. The fourth-order valence-corrected chi connectivity index (χ4v) is 2.61. The number of nitrogens with one attached hydrogen (secondary N) is 1. The quantitative estimate of drug-likeness (QED) is 0.760. The molecule has 0 bridgehead atoms. The summed E-state index contributed by atoms with van der Waals surface area (Å²) in [6.45, 7) is 0. The highest BCUT2D eigenvalue weighted by molar-refractivity contribution is 7.98. The molecule has 3 rings (SSSR count). The summed E-state index contributed by atoms with van der Waals surface area (Å²) in [4.78, 5) is 9.53. The largest absolute Gasteiger partial charge is 0.461 e. The van der Waals surface area contributed by atoms with E-state index in [1.165, 1.54) is 24.8 Å². The summed E-state index contributed by atoms with van der Waals surface area (Å²) in [5.41, 5.74) is 0.937. The van der Waals surface area contributed by atoms with Gasteiger partial charge >= 0.3 is 6.02 Å². The predicted molar refractivity (Wildman–Crippen MR) is 63.7 cm³/mol. The van der Waals surface area contributed by atoms with Crippen LogP contribution in [0.15, 0.2) is 28.3 Å². The molecule has 1 N–H and O–H groups in total. The first kappa shape index (κ1) is 9.96. The molecule has 16 heavy (non-hydrogen) atoms. The van der Waals surface area contributed by atoms with Gasteiger partial charge in [0.2, 0.25) is 0 Å². The Bertz CT molecular complexity index is 415. The van der Waals surface area contributed by atoms with Gasteiger partial charge < -0.3 is 4.74 Å². The number of hydrogen-bond acceptors (Lipinski definition) is 5. The van der Waals surface area contributed by atoms with Crippen LogP contribution in [-0.2, 0) is 4.74 Å². The van der Waals surface area contributed by atoms with Gasteiger partial charge in [0.05, 0.1) is 10.6 Å². The van der Waals surface area contributed by atoms with Gasteiger partial charge in [-0.2, -0.15) is 4.99 Å². The second-order valence-electron chi connectivity index (χ2n) is 3.99. The van der Waals surface area contributed by atoms with Crippen molar-refractivity contribution in [1.82, 2.24) is 9.71 Å². The first-order valence-electron chi connectivity index (χ1n) is 5.54. The average Bonchev–Trinajstić information content (AvgIpc) is 2.82. The maximum Gasteiger partial charge on any atom is 0.300 e. The minimum absolute atomic E-state index is 0.343. The predicted octanol–water partition coefficient (Wildman–Crippen LogP) is 2.64. The second kappa shape index (κ2) is 4.33. The summed E-state index contributed by atoms with van der Waals surface area (Å²) in [5, 5.41) is 0. The van der Waals surface area contributed by atoms with Crippen LogP contribution in [0.4, 0.5) is 5.69 Å². The maximum absolute atomic E-state index is 5.81. The van der Waals surface area contributed by atoms with Crippen LogP contribution in [-0.4, -0.2) is 17.1 Å². The molecule has 0 saturated heterocycles. The summed E-state index contributed by atoms with van der Waals surface area (Å²) in [6.07, 6.45) is 8.74. The standard InChI is InChI=1S/C11H13N3OS/c1-2-4-8(3-1)15-11-13-9-5-6-12-7-10(9)16-14-11/h5-8H,1-4H2,(H,13,14). The van der Waals surface area contributed by atoms with E-state index in [1.54, 1.807) is 6.20 Å². The van der Waals surface area contributed by atoms with Crippen molar-refractivity contribution in [3.8, 4) is 0 Å². The van der Waals surface area contributed by atoms with Crippen LogP contribution >= 0.6 is 11.9 Å². The molecule has 4 nitrogen and oxygen atoms in total. The molecule has 1 aliphatic heterocycles. The normalized spacial score (nSPS) is 19.9. The number of ether oxygens (including phenoxy) is 1. The fraction of sp³-hybridized carbons (Fsp3) is 0.455. The molecule has 1 aliphatic carbocycles. The van der Waals surface area contributed by atoms with Crippen LogP contribution in [0.1, 0.15) is 25.7 Å². The van der Waals surface area contributed by atoms with Gasteiger partial charge in [-0.25, -0.2) is 0 Å². The van der Waals surface area contributed by atoms with Gasteiger partial charge in [-0.3, -0.25) is 9.71 Å². The summed E-state index contributed by atoms with van der Waals surface area (Å²) in [7, 11) is 0. The number of pyridine rings is 1. The van der Waals surface area contributed by atoms with Crippen LogP contribution in [0, 0.1) is 0 Å². The third-order valence-electron chi connectivity index (χ3n) is 2.81. The summed E-state index contributed by atoms with van der Waals surface area (Å²) in [5.74, 6) is 0. The van der Waals surface area contributed by atoms with Gasteiger partial charge in [-0.15, -0.1) is 0 Å². The molecule has 1 saturated carbocycles. The molecule has 0 amide bonds. The number of nitrogens with zero attached hydrogens (tertiary/aromatic N) is 2. The molecule has 0 atom stereocenters. The van der Waals surface area contributed by atoms with Gasteiger partial charge in [0.1, 0.15) is 6.10 Å². The Morgan fingerprint density at radius 2 is 2.25 bits per heavy atom. The van der Waals surface area contributed by atoms with Crippen LogP contribution in [0.3, 0.4) is 0 Å². The highest BCUT2D eigenvalue weighted by atomic mass is 32.2. The van der Waals surface area contributed by atoms with E-state index < -0.39 is 0 Å². The summed E-state index contributed by atoms with van der Waals surface area (Å²) in [6, 6.07) is 2.54. The van der Waals surface area contributed by atoms with E-state index in [1.807, 2.05) is 12.3 Å². The zero-order valence-electron chi connectivity index (χ0n) is 8.85. The van der Waals surface area contributed by atoms with E-state index in [4.69, 9.17) is 4.74 Å². The van der Waals surface area contributed by atoms with Crippen LogP contribution in [0.2, 0.25) is 0 Å². The average molecular weight is 235 g/mol. The van der Waals surface area contributed by atoms with Crippen LogP contribution in [0.25, 0.3) is 0 Å². The monoisotopic (exact) mass is 235 g/mol. The second-order valence-corrected chi connectivity index (χ2v) is 4.84. The molecule has 1 aromatic heterocycles. The van der Waals surface area contributed by atoms with Crippen molar-refractivity contribution in [3.05, 3.63) is 18.5 Å². The van der Waals surface area contributed by atoms with Gasteiger partial charge in [-0.05, 0) is 43.7 Å². The lowest BCUT2D eigenvalue weighted by atomic mass is 10.3. The number of aliphatic imine (C=N–C) groups is 1. The highest BCUT2D eigenvalue weighted by Crippen LogP contribution is 2.31. The molecule has 0 radical (unpaired) electrons. The number of amidine groups is 1. The van der Waals surface area contributed by atoms with Gasteiger partial charge in [-0.1, -0.05) is 0 Å². The van der Waals surface area contributed by atoms with Gasteiger partial charge in [0, 0.05) is 12.4 Å². The van der Waals surface area contributed by atoms with E-state index in [9.17, 15) is 0 Å². The van der Waals surface area contributed by atoms with E-state index in [0.717, 1.165) is 23.4 Å². The van der Waals surface area contributed by atoms with E-state index >= 15 is 0 Å². The molecular weight excluding hydrogens is 222 g/mol. The Hall–Kier alpha value is -1.23. The number of fused-ring (bicyclic) bond motifs is 1. The Kier molecular flexibility index (Phi) is 2.70. The topological polar surface area (TPSA) is 46.5 Å². The van der Waals surface area contributed by atoms with Crippen molar-refractivity contribution in [2.75, 3.05) is 0 Å². The number of hydrogen-bond donors (Lipinski definition) is 1. The minimum Gasteiger partial charge on any atom is -0.461 e. The van der Waals surface area contributed by atoms with E-state index in [-0.39, 0.29) is 0 Å². The number of rotatable bonds is 1. The van der Waals surface area contributed by atoms with Crippen molar-refractivity contribution in [2.45, 2.75) is 36.7 Å². The zero-order chi connectivity index (χ0) is 10.8. The smallest absolute Gasteiger partial charge is 0.300 e. The lowest BCUT2D eigenvalue weighted by Gasteiger charge is -2.19.